The van der Waals surface area contributed by atoms with Gasteiger partial charge in [0.05, 0.1) is 6.10 Å². The lowest BCUT2D eigenvalue weighted by Gasteiger charge is -2.34. The molecular weight excluding hydrogens is 244 g/mol. The van der Waals surface area contributed by atoms with Crippen molar-refractivity contribution < 1.29 is 14.6 Å². The van der Waals surface area contributed by atoms with Gasteiger partial charge in [-0.2, -0.15) is 0 Å². The van der Waals surface area contributed by atoms with Crippen LogP contribution in [-0.2, 0) is 4.74 Å². The summed E-state index contributed by atoms with van der Waals surface area (Å²) in [6, 6.07) is -0.0619. The lowest BCUT2D eigenvalue weighted by molar-refractivity contribution is 0.0434. The maximum absolute atomic E-state index is 11.9. The highest BCUT2D eigenvalue weighted by Gasteiger charge is 2.27. The second-order valence-electron chi connectivity index (χ2n) is 5.88. The van der Waals surface area contributed by atoms with E-state index in [4.69, 9.17) is 4.74 Å². The number of rotatable bonds is 6. The zero-order valence-corrected chi connectivity index (χ0v) is 11.8. The number of nitrogens with one attached hydrogen (secondary N) is 1. The average molecular weight is 270 g/mol. The summed E-state index contributed by atoms with van der Waals surface area (Å²) in [7, 11) is 0. The van der Waals surface area contributed by atoms with Crippen LogP contribution in [0, 0.1) is 11.8 Å². The molecule has 5 heteroatoms. The Labute approximate surface area is 115 Å². The molecule has 5 nitrogen and oxygen atoms in total. The van der Waals surface area contributed by atoms with Crippen molar-refractivity contribution in [3.05, 3.63) is 0 Å². The highest BCUT2D eigenvalue weighted by molar-refractivity contribution is 5.74. The molecule has 1 aliphatic carbocycles. The molecule has 2 rings (SSSR count). The maximum atomic E-state index is 11.9. The third-order valence-electron chi connectivity index (χ3n) is 4.00. The van der Waals surface area contributed by atoms with Crippen molar-refractivity contribution in [1.29, 1.82) is 0 Å². The first-order valence-corrected chi connectivity index (χ1v) is 7.45. The Morgan fingerprint density at radius 1 is 1.42 bits per heavy atom. The van der Waals surface area contributed by atoms with E-state index in [9.17, 15) is 9.90 Å². The summed E-state index contributed by atoms with van der Waals surface area (Å²) in [4.78, 5) is 13.6. The third-order valence-corrected chi connectivity index (χ3v) is 4.00. The molecule has 0 aromatic carbocycles. The largest absolute Gasteiger partial charge is 0.391 e. The van der Waals surface area contributed by atoms with Crippen molar-refractivity contribution in [3.63, 3.8) is 0 Å². The van der Waals surface area contributed by atoms with Crippen LogP contribution in [0.4, 0.5) is 4.79 Å². The molecule has 110 valence electrons. The Bertz CT molecular complexity index is 294. The summed E-state index contributed by atoms with van der Waals surface area (Å²) in [5.41, 5.74) is 0. The molecule has 1 saturated heterocycles. The molecule has 0 aromatic heterocycles. The molecule has 0 radical (unpaired) electrons. The minimum Gasteiger partial charge on any atom is -0.391 e. The van der Waals surface area contributed by atoms with Crippen molar-refractivity contribution in [1.82, 2.24) is 10.2 Å². The van der Waals surface area contributed by atoms with E-state index in [1.54, 1.807) is 4.90 Å². The molecule has 2 unspecified atom stereocenters. The predicted molar refractivity (Wildman–Crippen MR) is 72.9 cm³/mol. The second kappa shape index (κ2) is 7.10. The molecule has 19 heavy (non-hydrogen) atoms. The van der Waals surface area contributed by atoms with Gasteiger partial charge in [-0.1, -0.05) is 6.92 Å². The summed E-state index contributed by atoms with van der Waals surface area (Å²) in [6.07, 6.45) is 3.96. The van der Waals surface area contributed by atoms with E-state index in [0.29, 0.717) is 19.0 Å². The number of aliphatic hydroxyl groups excluding tert-OH is 1. The van der Waals surface area contributed by atoms with E-state index in [1.165, 1.54) is 12.8 Å². The predicted octanol–water partition coefficient (Wildman–Crippen LogP) is 1.22. The summed E-state index contributed by atoms with van der Waals surface area (Å²) in [5.74, 6) is 1.09. The number of hydrogen-bond donors (Lipinski definition) is 2. The minimum atomic E-state index is -0.388. The maximum Gasteiger partial charge on any atom is 0.317 e. The zero-order chi connectivity index (χ0) is 13.7. The van der Waals surface area contributed by atoms with Crippen LogP contribution in [0.2, 0.25) is 0 Å². The van der Waals surface area contributed by atoms with Crippen LogP contribution in [0.1, 0.15) is 32.6 Å². The molecule has 1 aliphatic heterocycles. The number of carbonyl (C=O) groups excluding carboxylic acids is 1. The van der Waals surface area contributed by atoms with Gasteiger partial charge in [0.2, 0.25) is 0 Å². The van der Waals surface area contributed by atoms with Gasteiger partial charge in [-0.15, -0.1) is 0 Å². The number of β-amino-alcohol motifs (C(OH)–C–C–N with tert-alkyl or cyclic N) is 1. The van der Waals surface area contributed by atoms with Crippen LogP contribution in [-0.4, -0.2) is 55.0 Å². The molecule has 1 saturated carbocycles. The van der Waals surface area contributed by atoms with E-state index < -0.39 is 0 Å². The Balaban J connectivity index is 1.51. The molecule has 0 bridgehead atoms. The highest BCUT2D eigenvalue weighted by atomic mass is 16.5. The molecule has 2 N–H and O–H groups in total. The van der Waals surface area contributed by atoms with Gasteiger partial charge in [0, 0.05) is 32.8 Å². The number of amides is 2. The number of likely N-dealkylation sites (tertiary alicyclic amines) is 1. The third kappa shape index (κ3) is 4.99. The van der Waals surface area contributed by atoms with Crippen LogP contribution in [0.15, 0.2) is 0 Å². The van der Waals surface area contributed by atoms with E-state index >= 15 is 0 Å². The van der Waals surface area contributed by atoms with Crippen LogP contribution < -0.4 is 5.32 Å². The number of urea groups is 1. The fraction of sp³-hybridized carbons (Fsp3) is 0.929. The molecule has 0 spiro atoms. The van der Waals surface area contributed by atoms with Crippen LogP contribution in [0.3, 0.4) is 0 Å². The number of ether oxygens (including phenoxy) is 1. The quantitative estimate of drug-likeness (QED) is 0.713. The van der Waals surface area contributed by atoms with Gasteiger partial charge >= 0.3 is 6.03 Å². The Hall–Kier alpha value is -0.810. The van der Waals surface area contributed by atoms with Gasteiger partial charge in [0.1, 0.15) is 0 Å². The van der Waals surface area contributed by atoms with Gasteiger partial charge in [0.15, 0.2) is 0 Å². The number of aliphatic hydroxyl groups is 1. The number of piperidine rings is 1. The second-order valence-corrected chi connectivity index (χ2v) is 5.88. The number of carbonyl (C=O) groups is 1. The van der Waals surface area contributed by atoms with Crippen molar-refractivity contribution >= 4 is 6.03 Å². The van der Waals surface area contributed by atoms with Crippen LogP contribution >= 0.6 is 0 Å². The summed E-state index contributed by atoms with van der Waals surface area (Å²) in [5, 5.41) is 12.6. The minimum absolute atomic E-state index is 0.0619. The first-order valence-electron chi connectivity index (χ1n) is 7.45. The highest BCUT2D eigenvalue weighted by Crippen LogP contribution is 2.28. The molecule has 2 aliphatic rings. The van der Waals surface area contributed by atoms with Crippen LogP contribution in [0.5, 0.6) is 0 Å². The van der Waals surface area contributed by atoms with Crippen LogP contribution in [0.25, 0.3) is 0 Å². The summed E-state index contributed by atoms with van der Waals surface area (Å²) < 4.78 is 5.51. The van der Waals surface area contributed by atoms with Crippen molar-refractivity contribution in [3.8, 4) is 0 Å². The lowest BCUT2D eigenvalue weighted by atomic mass is 9.96. The van der Waals surface area contributed by atoms with Gasteiger partial charge in [-0.05, 0) is 37.5 Å². The molecule has 2 atom stereocenters. The molecule has 2 amide bonds. The van der Waals surface area contributed by atoms with Gasteiger partial charge in [-0.3, -0.25) is 0 Å². The summed E-state index contributed by atoms with van der Waals surface area (Å²) >= 11 is 0. The van der Waals surface area contributed by atoms with E-state index in [2.05, 4.69) is 5.32 Å². The van der Waals surface area contributed by atoms with E-state index in [-0.39, 0.29) is 12.1 Å². The zero-order valence-electron chi connectivity index (χ0n) is 11.8. The smallest absolute Gasteiger partial charge is 0.317 e. The Kier molecular flexibility index (Phi) is 5.45. The monoisotopic (exact) mass is 270 g/mol. The van der Waals surface area contributed by atoms with Gasteiger partial charge < -0.3 is 20.1 Å². The van der Waals surface area contributed by atoms with Crippen molar-refractivity contribution in [2.24, 2.45) is 11.8 Å². The fourth-order valence-electron chi connectivity index (χ4n) is 2.25. The van der Waals surface area contributed by atoms with Gasteiger partial charge in [0.25, 0.3) is 0 Å². The molecule has 1 heterocycles. The molecule has 0 aromatic rings. The standard InChI is InChI=1S/C14H26N2O3/c1-11-5-7-16(9-13(11)17)14(18)15-6-2-8-19-10-12-3-4-12/h11-13,17H,2-10H2,1H3,(H,15,18). The summed E-state index contributed by atoms with van der Waals surface area (Å²) in [6.45, 7) is 5.46. The van der Waals surface area contributed by atoms with Gasteiger partial charge in [-0.25, -0.2) is 4.79 Å². The molecular formula is C14H26N2O3. The Morgan fingerprint density at radius 3 is 2.89 bits per heavy atom. The topological polar surface area (TPSA) is 61.8 Å². The average Bonchev–Trinajstić information content (AvgIpc) is 3.20. The van der Waals surface area contributed by atoms with Crippen molar-refractivity contribution in [2.45, 2.75) is 38.7 Å². The van der Waals surface area contributed by atoms with Crippen molar-refractivity contribution in [2.75, 3.05) is 32.8 Å². The SMILES string of the molecule is CC1CCN(C(=O)NCCCOCC2CC2)CC1O. The molecule has 2 fully saturated rings. The first-order chi connectivity index (χ1) is 9.16. The first kappa shape index (κ1) is 14.6. The van der Waals surface area contributed by atoms with E-state index in [0.717, 1.165) is 38.5 Å². The lowest BCUT2D eigenvalue weighted by Crippen LogP contribution is -2.49. The number of hydrogen-bond acceptors (Lipinski definition) is 3. The normalized spacial score (nSPS) is 27.4. The fourth-order valence-corrected chi connectivity index (χ4v) is 2.25. The van der Waals surface area contributed by atoms with E-state index in [1.807, 2.05) is 6.92 Å². The Morgan fingerprint density at radius 2 is 2.21 bits per heavy atom. The number of nitrogens with zero attached hydrogens (tertiary/aromatic N) is 1.